The number of aryl methyl sites for hydroxylation is 1. The molecular weight excluding hydrogens is 306 g/mol. The van der Waals surface area contributed by atoms with Gasteiger partial charge in [-0.05, 0) is 24.6 Å². The molecule has 0 aromatic heterocycles. The number of amides is 1. The molecule has 0 aliphatic carbocycles. The lowest BCUT2D eigenvalue weighted by atomic mass is 10.2. The minimum atomic E-state index is -0.562. The highest BCUT2D eigenvalue weighted by molar-refractivity contribution is 6.31. The van der Waals surface area contributed by atoms with Gasteiger partial charge in [-0.3, -0.25) is 9.59 Å². The van der Waals surface area contributed by atoms with E-state index >= 15 is 0 Å². The Hall–Kier alpha value is -2.52. The number of methoxy groups -OCH3 is 1. The summed E-state index contributed by atoms with van der Waals surface area (Å²) in [7, 11) is 1.29. The van der Waals surface area contributed by atoms with Crippen LogP contribution in [0.1, 0.15) is 12.0 Å². The minimum Gasteiger partial charge on any atom is -0.469 e. The van der Waals surface area contributed by atoms with Gasteiger partial charge in [0.1, 0.15) is 11.6 Å². The molecule has 7 heteroatoms. The van der Waals surface area contributed by atoms with Crippen molar-refractivity contribution in [1.29, 1.82) is 5.26 Å². The minimum absolute atomic E-state index is 0.110. The first-order valence-electron chi connectivity index (χ1n) is 6.46. The van der Waals surface area contributed by atoms with Crippen molar-refractivity contribution in [3.05, 3.63) is 40.6 Å². The topological polar surface area (TPSA) is 91.2 Å². The lowest BCUT2D eigenvalue weighted by Crippen LogP contribution is -2.18. The van der Waals surface area contributed by atoms with Crippen LogP contribution in [0.25, 0.3) is 0 Å². The molecule has 0 heterocycles. The summed E-state index contributed by atoms with van der Waals surface area (Å²) >= 11 is 5.97. The van der Waals surface area contributed by atoms with Crippen LogP contribution >= 0.6 is 11.6 Å². The number of nitrogens with zero attached hydrogens (tertiary/aromatic N) is 1. The molecule has 116 valence electrons. The van der Waals surface area contributed by atoms with Gasteiger partial charge >= 0.3 is 5.97 Å². The molecule has 2 N–H and O–H groups in total. The molecule has 0 spiro atoms. The first-order valence-corrected chi connectivity index (χ1v) is 6.83. The first-order chi connectivity index (χ1) is 10.5. The van der Waals surface area contributed by atoms with E-state index in [-0.39, 0.29) is 24.5 Å². The lowest BCUT2D eigenvalue weighted by molar-refractivity contribution is -0.140. The second-order valence-corrected chi connectivity index (χ2v) is 4.78. The Balaban J connectivity index is 2.62. The number of nitrogens with one attached hydrogen (secondary N) is 2. The van der Waals surface area contributed by atoms with Gasteiger partial charge in [-0.1, -0.05) is 17.7 Å². The normalized spacial score (nSPS) is 10.5. The Labute approximate surface area is 133 Å². The van der Waals surface area contributed by atoms with E-state index in [4.69, 9.17) is 16.9 Å². The summed E-state index contributed by atoms with van der Waals surface area (Å²) in [6.45, 7) is 2.11. The third kappa shape index (κ3) is 5.46. The Morgan fingerprint density at radius 3 is 2.77 bits per heavy atom. The third-order valence-electron chi connectivity index (χ3n) is 2.74. The molecule has 0 bridgehead atoms. The number of hydrogen-bond acceptors (Lipinski definition) is 5. The fourth-order valence-electron chi connectivity index (χ4n) is 1.47. The van der Waals surface area contributed by atoms with Crippen LogP contribution < -0.4 is 10.6 Å². The molecule has 1 aromatic rings. The summed E-state index contributed by atoms with van der Waals surface area (Å²) in [6, 6.07) is 6.85. The second kappa shape index (κ2) is 8.70. The van der Waals surface area contributed by atoms with Crippen LogP contribution in [-0.2, 0) is 14.3 Å². The highest BCUT2D eigenvalue weighted by atomic mass is 35.5. The van der Waals surface area contributed by atoms with Crippen molar-refractivity contribution < 1.29 is 14.3 Å². The molecule has 1 aromatic carbocycles. The smallest absolute Gasteiger partial charge is 0.307 e. The summed E-state index contributed by atoms with van der Waals surface area (Å²) in [5.74, 6) is -0.939. The second-order valence-electron chi connectivity index (χ2n) is 4.37. The van der Waals surface area contributed by atoms with Gasteiger partial charge in [0.15, 0.2) is 0 Å². The number of carbonyl (C=O) groups excluding carboxylic acids is 2. The molecule has 22 heavy (non-hydrogen) atoms. The van der Waals surface area contributed by atoms with Gasteiger partial charge in [0.25, 0.3) is 5.91 Å². The number of hydrogen-bond donors (Lipinski definition) is 2. The van der Waals surface area contributed by atoms with Crippen molar-refractivity contribution in [3.63, 3.8) is 0 Å². The van der Waals surface area contributed by atoms with E-state index in [1.807, 2.05) is 6.92 Å². The van der Waals surface area contributed by atoms with Crippen LogP contribution in [0.15, 0.2) is 30.0 Å². The number of benzene rings is 1. The monoisotopic (exact) mass is 321 g/mol. The molecule has 0 atom stereocenters. The zero-order valence-electron chi connectivity index (χ0n) is 12.3. The van der Waals surface area contributed by atoms with Crippen molar-refractivity contribution in [2.24, 2.45) is 0 Å². The summed E-state index contributed by atoms with van der Waals surface area (Å²) in [4.78, 5) is 22.9. The van der Waals surface area contributed by atoms with Crippen LogP contribution in [0.4, 0.5) is 5.69 Å². The standard InChI is InChI=1S/C15H16ClN3O3/c1-10-3-4-12(7-13(10)16)19-15(21)11(8-17)9-18-6-5-14(20)22-2/h3-4,7,9,18H,5-6H2,1-2H3,(H,19,21)/b11-9-. The van der Waals surface area contributed by atoms with Crippen LogP contribution in [0.5, 0.6) is 0 Å². The molecule has 0 unspecified atom stereocenters. The first kappa shape index (κ1) is 17.5. The van der Waals surface area contributed by atoms with Crippen LogP contribution in [0, 0.1) is 18.3 Å². The number of carbonyl (C=O) groups is 2. The fourth-order valence-corrected chi connectivity index (χ4v) is 1.65. The zero-order valence-corrected chi connectivity index (χ0v) is 13.0. The van der Waals surface area contributed by atoms with E-state index in [1.165, 1.54) is 13.3 Å². The van der Waals surface area contributed by atoms with Crippen LogP contribution in [-0.4, -0.2) is 25.5 Å². The number of nitriles is 1. The summed E-state index contributed by atoms with van der Waals surface area (Å²) in [6.07, 6.45) is 1.40. The maximum Gasteiger partial charge on any atom is 0.307 e. The summed E-state index contributed by atoms with van der Waals surface area (Å²) in [5, 5.41) is 14.8. The van der Waals surface area contributed by atoms with E-state index in [1.54, 1.807) is 24.3 Å². The molecule has 6 nitrogen and oxygen atoms in total. The SMILES string of the molecule is COC(=O)CCN/C=C(/C#N)C(=O)Nc1ccc(C)c(Cl)c1. The molecule has 0 aliphatic rings. The lowest BCUT2D eigenvalue weighted by Gasteiger charge is -2.06. The molecule has 0 radical (unpaired) electrons. The number of halogens is 1. The molecule has 1 rings (SSSR count). The highest BCUT2D eigenvalue weighted by Crippen LogP contribution is 2.20. The molecule has 0 saturated heterocycles. The summed E-state index contributed by atoms with van der Waals surface area (Å²) < 4.78 is 4.47. The Kier molecular flexibility index (Phi) is 6.93. The number of esters is 1. The predicted molar refractivity (Wildman–Crippen MR) is 83.2 cm³/mol. The van der Waals surface area contributed by atoms with Gasteiger partial charge in [0.2, 0.25) is 0 Å². The van der Waals surface area contributed by atoms with E-state index in [2.05, 4.69) is 15.4 Å². The van der Waals surface area contributed by atoms with Crippen LogP contribution in [0.2, 0.25) is 5.02 Å². The third-order valence-corrected chi connectivity index (χ3v) is 3.15. The van der Waals surface area contributed by atoms with Crippen molar-refractivity contribution in [1.82, 2.24) is 5.32 Å². The largest absolute Gasteiger partial charge is 0.469 e. The van der Waals surface area contributed by atoms with Crippen molar-refractivity contribution >= 4 is 29.2 Å². The van der Waals surface area contributed by atoms with E-state index < -0.39 is 5.91 Å². The molecular formula is C15H16ClN3O3. The van der Waals surface area contributed by atoms with Gasteiger partial charge in [0.05, 0.1) is 13.5 Å². The van der Waals surface area contributed by atoms with Gasteiger partial charge in [-0.25, -0.2) is 0 Å². The van der Waals surface area contributed by atoms with E-state index in [0.717, 1.165) is 5.56 Å². The van der Waals surface area contributed by atoms with E-state index in [0.29, 0.717) is 10.7 Å². The number of rotatable bonds is 6. The van der Waals surface area contributed by atoms with Gasteiger partial charge < -0.3 is 15.4 Å². The highest BCUT2D eigenvalue weighted by Gasteiger charge is 2.10. The molecule has 0 aliphatic heterocycles. The summed E-state index contributed by atoms with van der Waals surface area (Å²) in [5.41, 5.74) is 1.28. The Bertz CT molecular complexity index is 635. The average Bonchev–Trinajstić information content (AvgIpc) is 2.50. The number of anilines is 1. The zero-order chi connectivity index (χ0) is 16.5. The van der Waals surface area contributed by atoms with Gasteiger partial charge in [0, 0.05) is 23.5 Å². The molecule has 1 amide bonds. The quantitative estimate of drug-likeness (QED) is 0.362. The van der Waals surface area contributed by atoms with Crippen LogP contribution in [0.3, 0.4) is 0 Å². The maximum absolute atomic E-state index is 11.9. The fraction of sp³-hybridized carbons (Fsp3) is 0.267. The van der Waals surface area contributed by atoms with E-state index in [9.17, 15) is 9.59 Å². The van der Waals surface area contributed by atoms with Crippen molar-refractivity contribution in [2.45, 2.75) is 13.3 Å². The Morgan fingerprint density at radius 2 is 2.18 bits per heavy atom. The van der Waals surface area contributed by atoms with Gasteiger partial charge in [-0.2, -0.15) is 5.26 Å². The van der Waals surface area contributed by atoms with Crippen molar-refractivity contribution in [3.8, 4) is 6.07 Å². The number of ether oxygens (including phenoxy) is 1. The predicted octanol–water partition coefficient (Wildman–Crippen LogP) is 2.15. The maximum atomic E-state index is 11.9. The Morgan fingerprint density at radius 1 is 1.45 bits per heavy atom. The molecule has 0 saturated carbocycles. The van der Waals surface area contributed by atoms with Gasteiger partial charge in [-0.15, -0.1) is 0 Å². The molecule has 0 fully saturated rings. The van der Waals surface area contributed by atoms with Crippen molar-refractivity contribution in [2.75, 3.05) is 19.0 Å². The average molecular weight is 322 g/mol.